The maximum atomic E-state index is 14.1. The SMILES string of the molecule is CCOCCC(=O)OCc1c([C@@](O)(CC)C(=O)NCCN(C)C)cc2n(c1=O)Cc1c-2nc2ccccc2c1CC. The number of aryl methyl sites for hydroxylation is 1. The van der Waals surface area contributed by atoms with Gasteiger partial charge in [-0.25, -0.2) is 4.98 Å². The molecule has 1 amide bonds. The van der Waals surface area contributed by atoms with Crippen LogP contribution in [0.4, 0.5) is 0 Å². The van der Waals surface area contributed by atoms with E-state index in [4.69, 9.17) is 14.5 Å². The highest BCUT2D eigenvalue weighted by molar-refractivity contribution is 5.89. The Kier molecular flexibility index (Phi) is 9.57. The second kappa shape index (κ2) is 12.9. The standard InChI is InChI=1S/C31H40N4O6/c1-6-20-21-11-9-10-12-25(21)33-28-22(20)18-35-26(28)17-24(31(39,7-2)30(38)32-14-15-34(4)5)23(29(35)37)19-41-27(36)13-16-40-8-3/h9-12,17,39H,6-8,13-16,18-19H2,1-5H3,(H,32,38)/t31-/m0/s1. The number of para-hydroxylation sites is 1. The Labute approximate surface area is 240 Å². The molecule has 3 aromatic rings. The number of aromatic nitrogens is 2. The second-order valence-corrected chi connectivity index (χ2v) is 10.5. The molecule has 1 aliphatic rings. The minimum absolute atomic E-state index is 0.00714. The lowest BCUT2D eigenvalue weighted by Gasteiger charge is -2.29. The Balaban J connectivity index is 1.84. The predicted molar refractivity (Wildman–Crippen MR) is 157 cm³/mol. The Morgan fingerprint density at radius 2 is 1.93 bits per heavy atom. The number of benzene rings is 1. The first kappa shape index (κ1) is 30.4. The number of ether oxygens (including phenoxy) is 2. The third kappa shape index (κ3) is 6.05. The van der Waals surface area contributed by atoms with Crippen molar-refractivity contribution in [2.45, 2.75) is 58.8 Å². The van der Waals surface area contributed by atoms with Crippen LogP contribution in [0.3, 0.4) is 0 Å². The molecule has 3 heterocycles. The lowest BCUT2D eigenvalue weighted by atomic mass is 9.86. The fourth-order valence-corrected chi connectivity index (χ4v) is 5.35. The Morgan fingerprint density at radius 1 is 1.17 bits per heavy atom. The normalized spacial score (nSPS) is 13.6. The summed E-state index contributed by atoms with van der Waals surface area (Å²) in [5, 5.41) is 15.7. The minimum atomic E-state index is -2.03. The smallest absolute Gasteiger partial charge is 0.308 e. The summed E-state index contributed by atoms with van der Waals surface area (Å²) in [7, 11) is 3.77. The van der Waals surface area contributed by atoms with Crippen molar-refractivity contribution in [2.75, 3.05) is 40.4 Å². The zero-order valence-corrected chi connectivity index (χ0v) is 24.6. The van der Waals surface area contributed by atoms with E-state index in [9.17, 15) is 19.5 Å². The number of aliphatic hydroxyl groups is 1. The van der Waals surface area contributed by atoms with Gasteiger partial charge < -0.3 is 29.4 Å². The summed E-state index contributed by atoms with van der Waals surface area (Å²) in [5.74, 6) is -1.15. The van der Waals surface area contributed by atoms with Gasteiger partial charge >= 0.3 is 5.97 Å². The fourth-order valence-electron chi connectivity index (χ4n) is 5.35. The van der Waals surface area contributed by atoms with E-state index in [0.29, 0.717) is 37.6 Å². The molecule has 4 rings (SSSR count). The van der Waals surface area contributed by atoms with Crippen molar-refractivity contribution in [1.29, 1.82) is 0 Å². The molecule has 0 fully saturated rings. The Morgan fingerprint density at radius 3 is 2.61 bits per heavy atom. The van der Waals surface area contributed by atoms with Gasteiger partial charge in [-0.05, 0) is 51.6 Å². The van der Waals surface area contributed by atoms with E-state index >= 15 is 0 Å². The highest BCUT2D eigenvalue weighted by Gasteiger charge is 2.41. The molecule has 0 radical (unpaired) electrons. The summed E-state index contributed by atoms with van der Waals surface area (Å²) in [6.45, 7) is 7.07. The number of rotatable bonds is 13. The predicted octanol–water partition coefficient (Wildman–Crippen LogP) is 2.73. The van der Waals surface area contributed by atoms with Gasteiger partial charge in [0, 0.05) is 36.2 Å². The number of fused-ring (bicyclic) bond motifs is 4. The van der Waals surface area contributed by atoms with Gasteiger partial charge in [0.05, 0.1) is 42.0 Å². The number of hydrogen-bond donors (Lipinski definition) is 2. The molecule has 0 saturated heterocycles. The average molecular weight is 565 g/mol. The molecule has 1 aromatic carbocycles. The molecule has 2 aromatic heterocycles. The number of carbonyl (C=O) groups excluding carboxylic acids is 2. The van der Waals surface area contributed by atoms with Crippen LogP contribution in [0.2, 0.25) is 0 Å². The molecule has 10 heteroatoms. The zero-order valence-electron chi connectivity index (χ0n) is 24.6. The maximum absolute atomic E-state index is 14.1. The van der Waals surface area contributed by atoms with Crippen LogP contribution in [0.25, 0.3) is 22.3 Å². The summed E-state index contributed by atoms with van der Waals surface area (Å²) in [6, 6.07) is 9.53. The van der Waals surface area contributed by atoms with E-state index < -0.39 is 23.0 Å². The molecular formula is C31H40N4O6. The van der Waals surface area contributed by atoms with Gasteiger partial charge in [0.2, 0.25) is 0 Å². The largest absolute Gasteiger partial charge is 0.461 e. The molecular weight excluding hydrogens is 524 g/mol. The van der Waals surface area contributed by atoms with Crippen molar-refractivity contribution in [1.82, 2.24) is 19.8 Å². The first-order valence-electron chi connectivity index (χ1n) is 14.2. The molecule has 0 bridgehead atoms. The van der Waals surface area contributed by atoms with Gasteiger partial charge in [-0.1, -0.05) is 32.0 Å². The summed E-state index contributed by atoms with van der Waals surface area (Å²) in [4.78, 5) is 46.8. The summed E-state index contributed by atoms with van der Waals surface area (Å²) in [6.07, 6.45) is 0.784. The number of amides is 1. The third-order valence-corrected chi connectivity index (χ3v) is 7.63. The zero-order chi connectivity index (χ0) is 29.7. The summed E-state index contributed by atoms with van der Waals surface area (Å²) in [5.41, 5.74) is 1.78. The number of nitrogens with zero attached hydrogens (tertiary/aromatic N) is 3. The van der Waals surface area contributed by atoms with Crippen molar-refractivity contribution >= 4 is 22.8 Å². The van der Waals surface area contributed by atoms with Gasteiger partial charge in [0.25, 0.3) is 11.5 Å². The first-order valence-corrected chi connectivity index (χ1v) is 14.2. The van der Waals surface area contributed by atoms with E-state index in [2.05, 4.69) is 12.2 Å². The summed E-state index contributed by atoms with van der Waals surface area (Å²) >= 11 is 0. The minimum Gasteiger partial charge on any atom is -0.461 e. The fraction of sp³-hybridized carbons (Fsp3) is 0.484. The topological polar surface area (TPSA) is 123 Å². The summed E-state index contributed by atoms with van der Waals surface area (Å²) < 4.78 is 12.3. The van der Waals surface area contributed by atoms with E-state index in [-0.39, 0.29) is 37.2 Å². The lowest BCUT2D eigenvalue weighted by molar-refractivity contribution is -0.146. The molecule has 2 N–H and O–H groups in total. The molecule has 10 nitrogen and oxygen atoms in total. The van der Waals surface area contributed by atoms with Gasteiger partial charge in [-0.15, -0.1) is 0 Å². The molecule has 0 unspecified atom stereocenters. The van der Waals surface area contributed by atoms with Crippen LogP contribution in [0, 0.1) is 0 Å². The first-order chi connectivity index (χ1) is 19.7. The van der Waals surface area contributed by atoms with Crippen LogP contribution in [0.15, 0.2) is 35.1 Å². The molecule has 0 saturated carbocycles. The number of esters is 1. The van der Waals surface area contributed by atoms with E-state index in [1.807, 2.05) is 50.2 Å². The van der Waals surface area contributed by atoms with E-state index in [0.717, 1.165) is 28.5 Å². The highest BCUT2D eigenvalue weighted by atomic mass is 16.5. The monoisotopic (exact) mass is 564 g/mol. The van der Waals surface area contributed by atoms with Gasteiger partial charge in [0.15, 0.2) is 5.60 Å². The van der Waals surface area contributed by atoms with Gasteiger partial charge in [0.1, 0.15) is 6.61 Å². The molecule has 0 spiro atoms. The van der Waals surface area contributed by atoms with Crippen molar-refractivity contribution in [2.24, 2.45) is 0 Å². The van der Waals surface area contributed by atoms with Gasteiger partial charge in [-0.2, -0.15) is 0 Å². The second-order valence-electron chi connectivity index (χ2n) is 10.5. The average Bonchev–Trinajstić information content (AvgIpc) is 3.33. The number of nitrogens with one attached hydrogen (secondary N) is 1. The van der Waals surface area contributed by atoms with Crippen molar-refractivity contribution in [3.05, 3.63) is 62.9 Å². The quantitative estimate of drug-likeness (QED) is 0.188. The van der Waals surface area contributed by atoms with Crippen LogP contribution in [-0.2, 0) is 44.2 Å². The van der Waals surface area contributed by atoms with Crippen LogP contribution in [0.5, 0.6) is 0 Å². The Hall–Kier alpha value is -3.60. The Bertz CT molecular complexity index is 1500. The third-order valence-electron chi connectivity index (χ3n) is 7.63. The lowest BCUT2D eigenvalue weighted by Crippen LogP contribution is -2.47. The number of carbonyl (C=O) groups is 2. The number of likely N-dealkylation sites (N-methyl/N-ethyl adjacent to an activating group) is 1. The van der Waals surface area contributed by atoms with Gasteiger partial charge in [-0.3, -0.25) is 14.4 Å². The number of hydrogen-bond acceptors (Lipinski definition) is 8. The molecule has 0 aliphatic carbocycles. The van der Waals surface area contributed by atoms with Crippen LogP contribution in [-0.4, -0.2) is 71.8 Å². The van der Waals surface area contributed by atoms with Crippen molar-refractivity contribution in [3.8, 4) is 11.4 Å². The van der Waals surface area contributed by atoms with Crippen LogP contribution < -0.4 is 10.9 Å². The van der Waals surface area contributed by atoms with Crippen molar-refractivity contribution < 1.29 is 24.2 Å². The van der Waals surface area contributed by atoms with Crippen LogP contribution >= 0.6 is 0 Å². The van der Waals surface area contributed by atoms with E-state index in [1.165, 1.54) is 0 Å². The maximum Gasteiger partial charge on any atom is 0.308 e. The molecule has 1 aliphatic heterocycles. The number of pyridine rings is 2. The molecule has 41 heavy (non-hydrogen) atoms. The molecule has 1 atom stereocenters. The van der Waals surface area contributed by atoms with Crippen LogP contribution in [0.1, 0.15) is 55.9 Å². The highest BCUT2D eigenvalue weighted by Crippen LogP contribution is 2.38. The van der Waals surface area contributed by atoms with E-state index in [1.54, 1.807) is 17.6 Å². The van der Waals surface area contributed by atoms with Crippen molar-refractivity contribution in [3.63, 3.8) is 0 Å². The molecule has 220 valence electrons.